The lowest BCUT2D eigenvalue weighted by Gasteiger charge is -2.22. The summed E-state index contributed by atoms with van der Waals surface area (Å²) in [6.07, 6.45) is 1.15. The molecular weight excluding hydrogens is 191 g/mol. The number of rotatable bonds is 6. The molecule has 0 aliphatic rings. The van der Waals surface area contributed by atoms with Gasteiger partial charge in [0.05, 0.1) is 6.16 Å². The van der Waals surface area contributed by atoms with Crippen molar-refractivity contribution in [1.82, 2.24) is 0 Å². The van der Waals surface area contributed by atoms with Crippen molar-refractivity contribution in [2.24, 2.45) is 17.4 Å². The Balaban J connectivity index is 4.09. The third-order valence-corrected chi connectivity index (χ3v) is 3.05. The predicted octanol–water partition coefficient (Wildman–Crippen LogP) is -0.134. The van der Waals surface area contributed by atoms with E-state index < -0.39 is 7.60 Å². The van der Waals surface area contributed by atoms with Gasteiger partial charge in [-0.25, -0.2) is 0 Å². The molecule has 0 aromatic rings. The quantitative estimate of drug-likeness (QED) is 0.456. The Bertz CT molecular complexity index is 183. The van der Waals surface area contributed by atoms with Gasteiger partial charge in [-0.15, -0.1) is 0 Å². The lowest BCUT2D eigenvalue weighted by molar-refractivity contribution is 0.342. The molecule has 0 bridgehead atoms. The average Bonchev–Trinajstić information content (AvgIpc) is 1.99. The Labute approximate surface area is 78.7 Å². The smallest absolute Gasteiger partial charge is 0.325 e. The van der Waals surface area contributed by atoms with Gasteiger partial charge in [-0.1, -0.05) is 13.3 Å². The Hall–Kier alpha value is 0.0700. The zero-order valence-electron chi connectivity index (χ0n) is 7.89. The molecule has 5 nitrogen and oxygen atoms in total. The van der Waals surface area contributed by atoms with Crippen molar-refractivity contribution in [3.63, 3.8) is 0 Å². The van der Waals surface area contributed by atoms with Gasteiger partial charge in [0.1, 0.15) is 0 Å². The van der Waals surface area contributed by atoms with E-state index in [1.165, 1.54) is 0 Å². The van der Waals surface area contributed by atoms with Crippen LogP contribution in [0, 0.1) is 5.92 Å². The monoisotopic (exact) mass is 210 g/mol. The number of hydrogen-bond donors (Lipinski definition) is 4. The largest absolute Gasteiger partial charge is 0.330 e. The number of hydrogen-bond acceptors (Lipinski definition) is 3. The van der Waals surface area contributed by atoms with E-state index >= 15 is 0 Å². The fourth-order valence-corrected chi connectivity index (χ4v) is 2.44. The van der Waals surface area contributed by atoms with Gasteiger partial charge in [0.2, 0.25) is 0 Å². The highest BCUT2D eigenvalue weighted by molar-refractivity contribution is 7.51. The van der Waals surface area contributed by atoms with Crippen LogP contribution in [0.1, 0.15) is 19.8 Å². The first-order valence-electron chi connectivity index (χ1n) is 4.41. The maximum Gasteiger partial charge on any atom is 0.325 e. The van der Waals surface area contributed by atoms with Crippen LogP contribution in [0.3, 0.4) is 0 Å². The van der Waals surface area contributed by atoms with Crippen LogP contribution >= 0.6 is 7.60 Å². The molecule has 0 fully saturated rings. The second-order valence-electron chi connectivity index (χ2n) is 3.26. The summed E-state index contributed by atoms with van der Waals surface area (Å²) >= 11 is 0. The molecule has 13 heavy (non-hydrogen) atoms. The molecule has 0 saturated carbocycles. The van der Waals surface area contributed by atoms with Crippen molar-refractivity contribution in [3.05, 3.63) is 0 Å². The molecule has 2 unspecified atom stereocenters. The van der Waals surface area contributed by atoms with Gasteiger partial charge in [0.25, 0.3) is 0 Å². The second kappa shape index (κ2) is 5.73. The maximum atomic E-state index is 10.7. The highest BCUT2D eigenvalue weighted by atomic mass is 31.2. The molecule has 0 spiro atoms. The van der Waals surface area contributed by atoms with E-state index in [2.05, 4.69) is 0 Å². The molecule has 80 valence electrons. The molecule has 2 atom stereocenters. The lowest BCUT2D eigenvalue weighted by Crippen LogP contribution is -2.34. The van der Waals surface area contributed by atoms with Crippen LogP contribution in [-0.2, 0) is 4.57 Å². The molecule has 0 saturated heterocycles. The fourth-order valence-electron chi connectivity index (χ4n) is 1.30. The van der Waals surface area contributed by atoms with Crippen LogP contribution in [0.4, 0.5) is 0 Å². The van der Waals surface area contributed by atoms with Gasteiger partial charge >= 0.3 is 7.60 Å². The van der Waals surface area contributed by atoms with Crippen molar-refractivity contribution < 1.29 is 14.4 Å². The van der Waals surface area contributed by atoms with Gasteiger partial charge < -0.3 is 21.3 Å². The Morgan fingerprint density at radius 3 is 2.31 bits per heavy atom. The van der Waals surface area contributed by atoms with Crippen molar-refractivity contribution >= 4 is 7.60 Å². The van der Waals surface area contributed by atoms with E-state index in [0.717, 1.165) is 0 Å². The number of nitrogens with two attached hydrogens (primary N) is 2. The highest BCUT2D eigenvalue weighted by Gasteiger charge is 2.24. The molecule has 0 aromatic heterocycles. The standard InChI is InChI=1S/C7H19N2O3P/c1-2-6(5-13(10,11)12)7(9)3-4-8/h6-7H,2-5,8-9H2,1H3,(H2,10,11,12). The van der Waals surface area contributed by atoms with Crippen LogP contribution in [0.5, 0.6) is 0 Å². The van der Waals surface area contributed by atoms with Crippen LogP contribution in [-0.4, -0.2) is 28.5 Å². The van der Waals surface area contributed by atoms with E-state index in [-0.39, 0.29) is 18.1 Å². The minimum atomic E-state index is -3.94. The SMILES string of the molecule is CCC(CP(=O)(O)O)C(N)CCN. The van der Waals surface area contributed by atoms with Crippen molar-refractivity contribution in [2.45, 2.75) is 25.8 Å². The molecule has 0 radical (unpaired) electrons. The molecule has 6 heteroatoms. The molecule has 0 amide bonds. The van der Waals surface area contributed by atoms with Crippen molar-refractivity contribution in [2.75, 3.05) is 12.7 Å². The maximum absolute atomic E-state index is 10.7. The zero-order chi connectivity index (χ0) is 10.5. The molecule has 0 aliphatic heterocycles. The van der Waals surface area contributed by atoms with E-state index in [1.54, 1.807) is 0 Å². The van der Waals surface area contributed by atoms with E-state index in [9.17, 15) is 4.57 Å². The third-order valence-electron chi connectivity index (χ3n) is 2.10. The van der Waals surface area contributed by atoms with E-state index in [4.69, 9.17) is 21.3 Å². The molecule has 0 rings (SSSR count). The van der Waals surface area contributed by atoms with Crippen LogP contribution < -0.4 is 11.5 Å². The zero-order valence-corrected chi connectivity index (χ0v) is 8.78. The first-order valence-corrected chi connectivity index (χ1v) is 6.20. The minimum absolute atomic E-state index is 0.134. The van der Waals surface area contributed by atoms with Gasteiger partial charge in [0, 0.05) is 6.04 Å². The highest BCUT2D eigenvalue weighted by Crippen LogP contribution is 2.38. The first-order chi connectivity index (χ1) is 5.90. The fraction of sp³-hybridized carbons (Fsp3) is 1.00. The van der Waals surface area contributed by atoms with Crippen LogP contribution in [0.15, 0.2) is 0 Å². The normalized spacial score (nSPS) is 17.0. The summed E-state index contributed by atoms with van der Waals surface area (Å²) in [5, 5.41) is 0. The summed E-state index contributed by atoms with van der Waals surface area (Å²) in [6.45, 7) is 2.33. The summed E-state index contributed by atoms with van der Waals surface area (Å²) in [4.78, 5) is 17.5. The summed E-state index contributed by atoms with van der Waals surface area (Å²) in [5.41, 5.74) is 11.0. The summed E-state index contributed by atoms with van der Waals surface area (Å²) in [5.74, 6) is -0.135. The molecule has 0 aliphatic carbocycles. The van der Waals surface area contributed by atoms with Gasteiger partial charge in [-0.05, 0) is 18.9 Å². The predicted molar refractivity (Wildman–Crippen MR) is 52.3 cm³/mol. The Kier molecular flexibility index (Phi) is 5.76. The minimum Gasteiger partial charge on any atom is -0.330 e. The molecule has 0 aromatic carbocycles. The summed E-state index contributed by atoms with van der Waals surface area (Å²) in [6, 6.07) is -0.206. The van der Waals surface area contributed by atoms with Gasteiger partial charge in [0.15, 0.2) is 0 Å². The molecule has 6 N–H and O–H groups in total. The van der Waals surface area contributed by atoms with Gasteiger partial charge in [-0.2, -0.15) is 0 Å². The molecular formula is C7H19N2O3P. The third kappa shape index (κ3) is 6.18. The topological polar surface area (TPSA) is 110 Å². The van der Waals surface area contributed by atoms with Crippen LogP contribution in [0.25, 0.3) is 0 Å². The van der Waals surface area contributed by atoms with Crippen molar-refractivity contribution in [1.29, 1.82) is 0 Å². The lowest BCUT2D eigenvalue weighted by atomic mass is 9.97. The van der Waals surface area contributed by atoms with E-state index in [1.807, 2.05) is 6.92 Å². The Morgan fingerprint density at radius 1 is 1.46 bits per heavy atom. The summed E-state index contributed by atoms with van der Waals surface area (Å²) < 4.78 is 10.7. The van der Waals surface area contributed by atoms with Crippen LogP contribution in [0.2, 0.25) is 0 Å². The second-order valence-corrected chi connectivity index (χ2v) is 4.95. The van der Waals surface area contributed by atoms with E-state index in [0.29, 0.717) is 19.4 Å². The molecule has 0 heterocycles. The first kappa shape index (κ1) is 13.1. The van der Waals surface area contributed by atoms with Gasteiger partial charge in [-0.3, -0.25) is 4.57 Å². The average molecular weight is 210 g/mol. The Morgan fingerprint density at radius 2 is 2.00 bits per heavy atom. The van der Waals surface area contributed by atoms with Crippen molar-refractivity contribution in [3.8, 4) is 0 Å². The summed E-state index contributed by atoms with van der Waals surface area (Å²) in [7, 11) is -3.94.